The van der Waals surface area contributed by atoms with Crippen LogP contribution in [-0.4, -0.2) is 9.97 Å². The van der Waals surface area contributed by atoms with Crippen molar-refractivity contribution in [1.82, 2.24) is 9.97 Å². The zero-order chi connectivity index (χ0) is 11.9. The summed E-state index contributed by atoms with van der Waals surface area (Å²) in [5.41, 5.74) is 1.02. The molecule has 1 aliphatic carbocycles. The monoisotopic (exact) mass is 230 g/mol. The van der Waals surface area contributed by atoms with Crippen molar-refractivity contribution in [1.29, 1.82) is 0 Å². The molecule has 1 aromatic heterocycles. The van der Waals surface area contributed by atoms with Crippen molar-refractivity contribution in [3.05, 3.63) is 23.3 Å². The van der Waals surface area contributed by atoms with Gasteiger partial charge in [-0.3, -0.25) is 0 Å². The highest BCUT2D eigenvalue weighted by molar-refractivity contribution is 5.21. The number of hydrogen-bond donors (Lipinski definition) is 0. The quantitative estimate of drug-likeness (QED) is 0.777. The maximum absolute atomic E-state index is 12.6. The molecule has 16 heavy (non-hydrogen) atoms. The van der Waals surface area contributed by atoms with Gasteiger partial charge in [-0.1, -0.05) is 13.8 Å². The average molecular weight is 230 g/mol. The van der Waals surface area contributed by atoms with E-state index in [9.17, 15) is 13.2 Å². The molecule has 1 aliphatic rings. The molecule has 0 saturated heterocycles. The molecule has 0 aliphatic heterocycles. The molecule has 0 aromatic carbocycles. The number of hydrogen-bond acceptors (Lipinski definition) is 2. The molecule has 2 rings (SSSR count). The molecule has 0 radical (unpaired) electrons. The Morgan fingerprint density at radius 1 is 1.25 bits per heavy atom. The van der Waals surface area contributed by atoms with Crippen LogP contribution in [0.5, 0.6) is 0 Å². The third-order valence-electron chi connectivity index (χ3n) is 2.61. The van der Waals surface area contributed by atoms with Gasteiger partial charge in [0.25, 0.3) is 0 Å². The third kappa shape index (κ3) is 2.33. The van der Waals surface area contributed by atoms with Crippen LogP contribution < -0.4 is 0 Å². The fraction of sp³-hybridized carbons (Fsp3) is 0.636. The fourth-order valence-electron chi connectivity index (χ4n) is 1.50. The maximum Gasteiger partial charge on any atom is 0.451 e. The molecule has 88 valence electrons. The molecule has 0 unspecified atom stereocenters. The number of aromatic nitrogens is 2. The van der Waals surface area contributed by atoms with Crippen LogP contribution >= 0.6 is 0 Å². The molecule has 1 fully saturated rings. The van der Waals surface area contributed by atoms with Crippen molar-refractivity contribution >= 4 is 0 Å². The Morgan fingerprint density at radius 2 is 1.88 bits per heavy atom. The second kappa shape index (κ2) is 3.71. The first kappa shape index (κ1) is 11.4. The first-order chi connectivity index (χ1) is 7.38. The maximum atomic E-state index is 12.6. The van der Waals surface area contributed by atoms with Crippen LogP contribution in [0.25, 0.3) is 0 Å². The van der Waals surface area contributed by atoms with E-state index >= 15 is 0 Å². The summed E-state index contributed by atoms with van der Waals surface area (Å²) in [5, 5.41) is 0. The SMILES string of the molecule is CC(C)c1cc(C2CC2)nc(C(F)(F)F)n1. The lowest BCUT2D eigenvalue weighted by Gasteiger charge is -2.11. The Bertz CT molecular complexity index is 374. The van der Waals surface area contributed by atoms with Crippen molar-refractivity contribution in [3.8, 4) is 0 Å². The second-order valence-electron chi connectivity index (χ2n) is 4.47. The van der Waals surface area contributed by atoms with Gasteiger partial charge in [0.05, 0.1) is 0 Å². The van der Waals surface area contributed by atoms with Gasteiger partial charge in [0, 0.05) is 17.3 Å². The average Bonchev–Trinajstić information content (AvgIpc) is 2.98. The summed E-state index contributed by atoms with van der Waals surface area (Å²) in [5.74, 6) is -0.802. The Hall–Kier alpha value is -1.13. The van der Waals surface area contributed by atoms with Gasteiger partial charge >= 0.3 is 6.18 Å². The minimum absolute atomic E-state index is 0.0124. The Balaban J connectivity index is 2.44. The standard InChI is InChI=1S/C11H13F3N2/c1-6(2)8-5-9(7-3-4-7)16-10(15-8)11(12,13)14/h5-7H,3-4H2,1-2H3. The molecule has 0 N–H and O–H groups in total. The Morgan fingerprint density at radius 3 is 2.31 bits per heavy atom. The van der Waals surface area contributed by atoms with Gasteiger partial charge < -0.3 is 0 Å². The van der Waals surface area contributed by atoms with E-state index in [1.807, 2.05) is 13.8 Å². The van der Waals surface area contributed by atoms with Crippen LogP contribution in [0.4, 0.5) is 13.2 Å². The van der Waals surface area contributed by atoms with Gasteiger partial charge in [0.15, 0.2) is 0 Å². The zero-order valence-electron chi connectivity index (χ0n) is 9.17. The summed E-state index contributed by atoms with van der Waals surface area (Å²) in [6.07, 6.45) is -2.58. The van der Waals surface area contributed by atoms with Crippen molar-refractivity contribution in [3.63, 3.8) is 0 Å². The molecule has 1 heterocycles. The smallest absolute Gasteiger partial charge is 0.229 e. The van der Waals surface area contributed by atoms with Gasteiger partial charge in [0.2, 0.25) is 5.82 Å². The third-order valence-corrected chi connectivity index (χ3v) is 2.61. The largest absolute Gasteiger partial charge is 0.451 e. The van der Waals surface area contributed by atoms with Gasteiger partial charge in [-0.2, -0.15) is 13.2 Å². The first-order valence-electron chi connectivity index (χ1n) is 5.34. The topological polar surface area (TPSA) is 25.8 Å². The minimum atomic E-state index is -4.45. The van der Waals surface area contributed by atoms with Crippen LogP contribution in [0.15, 0.2) is 6.07 Å². The van der Waals surface area contributed by atoms with E-state index in [0.29, 0.717) is 11.4 Å². The summed E-state index contributed by atoms with van der Waals surface area (Å²) >= 11 is 0. The summed E-state index contributed by atoms with van der Waals surface area (Å²) in [7, 11) is 0. The number of halogens is 3. The van der Waals surface area contributed by atoms with Crippen molar-refractivity contribution in [2.24, 2.45) is 0 Å². The van der Waals surface area contributed by atoms with Crippen LogP contribution in [0, 0.1) is 0 Å². The van der Waals surface area contributed by atoms with E-state index in [2.05, 4.69) is 9.97 Å². The molecule has 1 saturated carbocycles. The Labute approximate surface area is 91.9 Å². The minimum Gasteiger partial charge on any atom is -0.229 e. The number of nitrogens with zero attached hydrogens (tertiary/aromatic N) is 2. The fourth-order valence-corrected chi connectivity index (χ4v) is 1.50. The lowest BCUT2D eigenvalue weighted by Crippen LogP contribution is -2.14. The van der Waals surface area contributed by atoms with Gasteiger partial charge in [-0.05, 0) is 24.8 Å². The molecule has 0 spiro atoms. The van der Waals surface area contributed by atoms with Crippen molar-refractivity contribution in [2.45, 2.75) is 44.7 Å². The molecule has 0 bridgehead atoms. The molecule has 0 amide bonds. The summed E-state index contributed by atoms with van der Waals surface area (Å²) in [6, 6.07) is 1.71. The number of alkyl halides is 3. The van der Waals surface area contributed by atoms with Crippen LogP contribution in [0.3, 0.4) is 0 Å². The Kier molecular flexibility index (Phi) is 2.64. The van der Waals surface area contributed by atoms with Crippen LogP contribution in [0.1, 0.15) is 55.7 Å². The van der Waals surface area contributed by atoms with E-state index in [1.165, 1.54) is 0 Å². The number of rotatable bonds is 2. The van der Waals surface area contributed by atoms with E-state index < -0.39 is 12.0 Å². The normalized spacial score (nSPS) is 16.9. The first-order valence-corrected chi connectivity index (χ1v) is 5.34. The van der Waals surface area contributed by atoms with Crippen LogP contribution in [-0.2, 0) is 6.18 Å². The van der Waals surface area contributed by atoms with Crippen LogP contribution in [0.2, 0.25) is 0 Å². The summed E-state index contributed by atoms with van der Waals surface area (Å²) in [4.78, 5) is 7.19. The molecular formula is C11H13F3N2. The summed E-state index contributed by atoms with van der Waals surface area (Å²) in [6.45, 7) is 3.67. The van der Waals surface area contributed by atoms with E-state index in [0.717, 1.165) is 12.8 Å². The van der Waals surface area contributed by atoms with E-state index in [4.69, 9.17) is 0 Å². The molecule has 0 atom stereocenters. The predicted molar refractivity (Wildman–Crippen MR) is 53.1 cm³/mol. The predicted octanol–water partition coefficient (Wildman–Crippen LogP) is 3.50. The molecule has 5 heteroatoms. The van der Waals surface area contributed by atoms with Gasteiger partial charge in [0.1, 0.15) is 0 Å². The van der Waals surface area contributed by atoms with E-state index in [1.54, 1.807) is 6.07 Å². The molecular weight excluding hydrogens is 217 g/mol. The highest BCUT2D eigenvalue weighted by Crippen LogP contribution is 2.40. The van der Waals surface area contributed by atoms with Crippen molar-refractivity contribution < 1.29 is 13.2 Å². The van der Waals surface area contributed by atoms with Gasteiger partial charge in [-0.25, -0.2) is 9.97 Å². The highest BCUT2D eigenvalue weighted by Gasteiger charge is 2.37. The highest BCUT2D eigenvalue weighted by atomic mass is 19.4. The van der Waals surface area contributed by atoms with Gasteiger partial charge in [-0.15, -0.1) is 0 Å². The molecule has 2 nitrogen and oxygen atoms in total. The molecule has 1 aromatic rings. The summed E-state index contributed by atoms with van der Waals surface area (Å²) < 4.78 is 37.7. The second-order valence-corrected chi connectivity index (χ2v) is 4.47. The van der Waals surface area contributed by atoms with Crippen molar-refractivity contribution in [2.75, 3.05) is 0 Å². The lowest BCUT2D eigenvalue weighted by molar-refractivity contribution is -0.145. The lowest BCUT2D eigenvalue weighted by atomic mass is 10.1. The zero-order valence-corrected chi connectivity index (χ0v) is 9.17. The van der Waals surface area contributed by atoms with E-state index in [-0.39, 0.29) is 11.8 Å².